The summed E-state index contributed by atoms with van der Waals surface area (Å²) in [6, 6.07) is 14.4. The first-order chi connectivity index (χ1) is 17.5. The number of nitrogens with two attached hydrogens (primary N) is 1. The minimum atomic E-state index is -0.465. The zero-order chi connectivity index (χ0) is 25.5. The van der Waals surface area contributed by atoms with Gasteiger partial charge < -0.3 is 25.3 Å². The van der Waals surface area contributed by atoms with Crippen LogP contribution in [-0.2, 0) is 16.1 Å². The molecule has 1 aliphatic heterocycles. The van der Waals surface area contributed by atoms with Crippen LogP contribution in [0.2, 0.25) is 5.02 Å². The summed E-state index contributed by atoms with van der Waals surface area (Å²) in [4.78, 5) is 32.3. The lowest BCUT2D eigenvalue weighted by Crippen LogP contribution is -2.45. The Morgan fingerprint density at radius 1 is 1.22 bits per heavy atom. The van der Waals surface area contributed by atoms with Gasteiger partial charge in [0, 0.05) is 68.9 Å². The fourth-order valence-corrected chi connectivity index (χ4v) is 4.90. The Morgan fingerprint density at radius 3 is 2.78 bits per heavy atom. The van der Waals surface area contributed by atoms with Gasteiger partial charge in [-0.1, -0.05) is 23.7 Å². The summed E-state index contributed by atoms with van der Waals surface area (Å²) in [5, 5.41) is 3.38. The van der Waals surface area contributed by atoms with Gasteiger partial charge in [-0.3, -0.25) is 9.59 Å². The molecule has 36 heavy (non-hydrogen) atoms. The fraction of sp³-hybridized carbons (Fsp3) is 0.444. The van der Waals surface area contributed by atoms with Crippen LogP contribution in [0.3, 0.4) is 0 Å². The largest absolute Gasteiger partial charge is 0.385 e. The number of aryl methyl sites for hydroxylation is 1. The van der Waals surface area contributed by atoms with Crippen LogP contribution in [0.4, 0.5) is 0 Å². The Morgan fingerprint density at radius 2 is 2.00 bits per heavy atom. The number of piperidine rings is 1. The van der Waals surface area contributed by atoms with Crippen molar-refractivity contribution in [1.82, 2.24) is 19.8 Å². The maximum atomic E-state index is 13.1. The van der Waals surface area contributed by atoms with E-state index in [0.717, 1.165) is 42.7 Å². The molecule has 0 bridgehead atoms. The van der Waals surface area contributed by atoms with Crippen molar-refractivity contribution in [1.29, 1.82) is 0 Å². The van der Waals surface area contributed by atoms with Crippen molar-refractivity contribution in [2.24, 2.45) is 5.73 Å². The van der Waals surface area contributed by atoms with Crippen molar-refractivity contribution >= 4 is 34.4 Å². The molecule has 3 N–H and O–H groups in total. The summed E-state index contributed by atoms with van der Waals surface area (Å²) in [5.41, 5.74) is 8.81. The molecule has 8 nitrogen and oxygen atoms in total. The van der Waals surface area contributed by atoms with E-state index in [1.54, 1.807) is 31.4 Å². The highest BCUT2D eigenvalue weighted by Crippen LogP contribution is 2.30. The van der Waals surface area contributed by atoms with Gasteiger partial charge in [-0.2, -0.15) is 0 Å². The van der Waals surface area contributed by atoms with E-state index >= 15 is 0 Å². The molecule has 192 valence electrons. The molecule has 2 atom stereocenters. The maximum Gasteiger partial charge on any atom is 0.251 e. The van der Waals surface area contributed by atoms with Crippen LogP contribution < -0.4 is 11.1 Å². The van der Waals surface area contributed by atoms with E-state index in [0.29, 0.717) is 30.3 Å². The van der Waals surface area contributed by atoms with Crippen molar-refractivity contribution < 1.29 is 14.3 Å². The Hall–Kier alpha value is -2.94. The second-order valence-electron chi connectivity index (χ2n) is 9.32. The van der Waals surface area contributed by atoms with E-state index in [9.17, 15) is 9.59 Å². The molecule has 1 saturated heterocycles. The summed E-state index contributed by atoms with van der Waals surface area (Å²) in [7, 11) is 1.71. The summed E-state index contributed by atoms with van der Waals surface area (Å²) < 4.78 is 7.54. The molecule has 1 fully saturated rings. The molecule has 0 aliphatic carbocycles. The predicted molar refractivity (Wildman–Crippen MR) is 141 cm³/mol. The van der Waals surface area contributed by atoms with Gasteiger partial charge in [-0.05, 0) is 55.7 Å². The lowest BCUT2D eigenvalue weighted by Gasteiger charge is -2.33. The number of fused-ring (bicyclic) bond motifs is 1. The third kappa shape index (κ3) is 6.43. The van der Waals surface area contributed by atoms with Crippen LogP contribution in [0.25, 0.3) is 11.0 Å². The second-order valence-corrected chi connectivity index (χ2v) is 9.75. The fourth-order valence-electron chi connectivity index (χ4n) is 4.77. The van der Waals surface area contributed by atoms with Gasteiger partial charge in [-0.25, -0.2) is 4.98 Å². The lowest BCUT2D eigenvalue weighted by atomic mass is 9.96. The first-order valence-electron chi connectivity index (χ1n) is 12.5. The van der Waals surface area contributed by atoms with Crippen molar-refractivity contribution in [2.75, 3.05) is 33.4 Å². The monoisotopic (exact) mass is 511 g/mol. The van der Waals surface area contributed by atoms with E-state index in [4.69, 9.17) is 27.1 Å². The lowest BCUT2D eigenvalue weighted by molar-refractivity contribution is -0.132. The highest BCUT2D eigenvalue weighted by atomic mass is 35.5. The minimum Gasteiger partial charge on any atom is -0.385 e. The molecule has 9 heteroatoms. The number of hydrogen-bond acceptors (Lipinski definition) is 5. The number of halogens is 1. The molecule has 2 unspecified atom stereocenters. The molecule has 0 saturated carbocycles. The number of nitrogens with zero attached hydrogens (tertiary/aromatic N) is 3. The number of benzene rings is 2. The quantitative estimate of drug-likeness (QED) is 0.405. The number of methoxy groups -OCH3 is 1. The number of rotatable bonds is 10. The SMILES string of the molecule is COCCCn1c(C2CCCN(C(=O)CC(N)CNC(=O)c3ccc(Cl)cc3)C2)nc2ccccc21. The molecule has 2 amide bonds. The smallest absolute Gasteiger partial charge is 0.251 e. The van der Waals surface area contributed by atoms with Gasteiger partial charge in [-0.15, -0.1) is 0 Å². The Bertz CT molecular complexity index is 1180. The second kappa shape index (κ2) is 12.3. The van der Waals surface area contributed by atoms with Gasteiger partial charge in [0.25, 0.3) is 5.91 Å². The van der Waals surface area contributed by atoms with Crippen molar-refractivity contribution in [3.63, 3.8) is 0 Å². The highest BCUT2D eigenvalue weighted by molar-refractivity contribution is 6.30. The average Bonchev–Trinajstić information content (AvgIpc) is 3.26. The number of para-hydroxylation sites is 2. The van der Waals surface area contributed by atoms with E-state index in [1.165, 1.54) is 0 Å². The number of nitrogens with one attached hydrogen (secondary N) is 1. The molecule has 3 aromatic rings. The molecule has 4 rings (SSSR count). The van der Waals surface area contributed by atoms with E-state index in [2.05, 4.69) is 16.0 Å². The zero-order valence-electron chi connectivity index (χ0n) is 20.7. The maximum absolute atomic E-state index is 13.1. The third-order valence-electron chi connectivity index (χ3n) is 6.62. The summed E-state index contributed by atoms with van der Waals surface area (Å²) in [5.74, 6) is 0.970. The van der Waals surface area contributed by atoms with Crippen LogP contribution in [0.15, 0.2) is 48.5 Å². The Balaban J connectivity index is 1.36. The van der Waals surface area contributed by atoms with Crippen LogP contribution in [0.1, 0.15) is 47.8 Å². The number of amides is 2. The van der Waals surface area contributed by atoms with Crippen molar-refractivity contribution in [2.45, 2.75) is 44.2 Å². The number of likely N-dealkylation sites (tertiary alicyclic amines) is 1. The zero-order valence-corrected chi connectivity index (χ0v) is 21.4. The molecular weight excluding hydrogens is 478 g/mol. The highest BCUT2D eigenvalue weighted by Gasteiger charge is 2.29. The molecule has 2 aromatic carbocycles. The summed E-state index contributed by atoms with van der Waals surface area (Å²) >= 11 is 5.88. The van der Waals surface area contributed by atoms with Crippen LogP contribution >= 0.6 is 11.6 Å². The van der Waals surface area contributed by atoms with E-state index in [1.807, 2.05) is 23.1 Å². The van der Waals surface area contributed by atoms with Crippen molar-refractivity contribution in [3.05, 3.63) is 64.9 Å². The number of hydrogen-bond donors (Lipinski definition) is 2. The molecule has 2 heterocycles. The number of imidazole rings is 1. The van der Waals surface area contributed by atoms with Crippen LogP contribution in [0, 0.1) is 0 Å². The van der Waals surface area contributed by atoms with E-state index in [-0.39, 0.29) is 30.7 Å². The average molecular weight is 512 g/mol. The minimum absolute atomic E-state index is 0.00925. The first kappa shape index (κ1) is 26.1. The van der Waals surface area contributed by atoms with Gasteiger partial charge in [0.15, 0.2) is 0 Å². The van der Waals surface area contributed by atoms with E-state index < -0.39 is 6.04 Å². The van der Waals surface area contributed by atoms with Gasteiger partial charge >= 0.3 is 0 Å². The topological polar surface area (TPSA) is 102 Å². The molecule has 0 radical (unpaired) electrons. The predicted octanol–water partition coefficient (Wildman–Crippen LogP) is 3.58. The first-order valence-corrected chi connectivity index (χ1v) is 12.8. The molecule has 1 aliphatic rings. The Kier molecular flexibility index (Phi) is 8.96. The Labute approximate surface area is 216 Å². The number of carbonyl (C=O) groups excluding carboxylic acids is 2. The van der Waals surface area contributed by atoms with Gasteiger partial charge in [0.1, 0.15) is 5.82 Å². The number of aromatic nitrogens is 2. The van der Waals surface area contributed by atoms with Crippen LogP contribution in [0.5, 0.6) is 0 Å². The molecule has 0 spiro atoms. The van der Waals surface area contributed by atoms with Gasteiger partial charge in [0.05, 0.1) is 11.0 Å². The molecular formula is C27H34ClN5O3. The third-order valence-corrected chi connectivity index (χ3v) is 6.87. The van der Waals surface area contributed by atoms with Crippen LogP contribution in [-0.4, -0.2) is 65.7 Å². The molecule has 1 aromatic heterocycles. The standard InChI is InChI=1S/C27H34ClN5O3/c1-36-15-5-14-33-24-8-3-2-7-23(24)31-26(33)20-6-4-13-32(18-20)25(34)16-22(29)17-30-27(35)19-9-11-21(28)12-10-19/h2-3,7-12,20,22H,4-6,13-18,29H2,1H3,(H,30,35). The number of carbonyl (C=O) groups is 2. The summed E-state index contributed by atoms with van der Waals surface area (Å²) in [6.45, 7) is 3.07. The summed E-state index contributed by atoms with van der Waals surface area (Å²) in [6.07, 6.45) is 2.98. The van der Waals surface area contributed by atoms with Crippen molar-refractivity contribution in [3.8, 4) is 0 Å². The normalized spacial score (nSPS) is 16.8. The number of ether oxygens (including phenoxy) is 1. The van der Waals surface area contributed by atoms with Gasteiger partial charge in [0.2, 0.25) is 5.91 Å².